The minimum Gasteiger partial charge on any atom is -0.493 e. The van der Waals surface area contributed by atoms with Crippen molar-refractivity contribution in [1.82, 2.24) is 0 Å². The number of ether oxygens (including phenoxy) is 3. The summed E-state index contributed by atoms with van der Waals surface area (Å²) in [4.78, 5) is 23.8. The Kier molecular flexibility index (Phi) is 6.90. The van der Waals surface area contributed by atoms with Gasteiger partial charge in [0.05, 0.1) is 12.7 Å². The summed E-state index contributed by atoms with van der Waals surface area (Å²) in [7, 11) is 1.24. The van der Waals surface area contributed by atoms with Crippen molar-refractivity contribution in [3.05, 3.63) is 52.5 Å². The Morgan fingerprint density at radius 3 is 2.58 bits per heavy atom. The molecule has 0 saturated carbocycles. The van der Waals surface area contributed by atoms with Gasteiger partial charge in [0.2, 0.25) is 0 Å². The molecule has 0 aliphatic heterocycles. The third-order valence-electron chi connectivity index (χ3n) is 3.06. The number of methoxy groups -OCH3 is 1. The highest BCUT2D eigenvalue weighted by atomic mass is 79.9. The number of rotatable bonds is 7. The number of anilines is 1. The largest absolute Gasteiger partial charge is 0.493 e. The van der Waals surface area contributed by atoms with Gasteiger partial charge in [-0.25, -0.2) is 4.79 Å². The van der Waals surface area contributed by atoms with E-state index in [4.69, 9.17) is 9.47 Å². The molecule has 0 aliphatic rings. The average molecular weight is 430 g/mol. The van der Waals surface area contributed by atoms with Crippen LogP contribution in [0, 0.1) is 0 Å². The molecule has 0 bridgehead atoms. The van der Waals surface area contributed by atoms with Crippen LogP contribution in [0.5, 0.6) is 11.5 Å². The molecule has 0 radical (unpaired) electrons. The number of alkyl halides is 2. The van der Waals surface area contributed by atoms with Crippen LogP contribution in [0.2, 0.25) is 0 Å². The number of hydrogen-bond acceptors (Lipinski definition) is 5. The molecule has 2 aromatic carbocycles. The molecule has 1 N–H and O–H groups in total. The van der Waals surface area contributed by atoms with Crippen LogP contribution in [-0.4, -0.2) is 32.2 Å². The van der Waals surface area contributed by atoms with Crippen molar-refractivity contribution in [2.75, 3.05) is 19.0 Å². The number of hydrogen-bond donors (Lipinski definition) is 1. The van der Waals surface area contributed by atoms with Crippen molar-refractivity contribution in [3.63, 3.8) is 0 Å². The van der Waals surface area contributed by atoms with Crippen molar-refractivity contribution in [2.24, 2.45) is 0 Å². The van der Waals surface area contributed by atoms with Crippen LogP contribution in [0.15, 0.2) is 46.9 Å². The lowest BCUT2D eigenvalue weighted by molar-refractivity contribution is -0.119. The lowest BCUT2D eigenvalue weighted by atomic mass is 10.2. The van der Waals surface area contributed by atoms with Gasteiger partial charge in [-0.2, -0.15) is 8.78 Å². The third-order valence-corrected chi connectivity index (χ3v) is 3.55. The minimum atomic E-state index is -3.02. The van der Waals surface area contributed by atoms with Gasteiger partial charge >= 0.3 is 12.6 Å². The van der Waals surface area contributed by atoms with Gasteiger partial charge in [0, 0.05) is 10.2 Å². The molecule has 26 heavy (non-hydrogen) atoms. The molecule has 138 valence electrons. The fourth-order valence-electron chi connectivity index (χ4n) is 1.97. The third kappa shape index (κ3) is 5.69. The Hall–Kier alpha value is -2.68. The number of halogens is 3. The van der Waals surface area contributed by atoms with Crippen molar-refractivity contribution >= 4 is 33.5 Å². The molecular formula is C17H14BrF2NO5. The number of benzene rings is 2. The van der Waals surface area contributed by atoms with Gasteiger partial charge in [-0.15, -0.1) is 0 Å². The van der Waals surface area contributed by atoms with E-state index in [-0.39, 0.29) is 17.1 Å². The fraction of sp³-hybridized carbons (Fsp3) is 0.176. The zero-order valence-electron chi connectivity index (χ0n) is 13.5. The topological polar surface area (TPSA) is 73.9 Å². The molecule has 2 aromatic rings. The zero-order chi connectivity index (χ0) is 19.1. The molecule has 0 aromatic heterocycles. The molecule has 0 aliphatic carbocycles. The first-order chi connectivity index (χ1) is 12.4. The summed E-state index contributed by atoms with van der Waals surface area (Å²) >= 11 is 3.27. The lowest BCUT2D eigenvalue weighted by Crippen LogP contribution is -2.21. The zero-order valence-corrected chi connectivity index (χ0v) is 15.1. The van der Waals surface area contributed by atoms with Crippen LogP contribution in [0.1, 0.15) is 10.4 Å². The summed E-state index contributed by atoms with van der Waals surface area (Å²) in [5.74, 6) is -1.61. The van der Waals surface area contributed by atoms with Crippen molar-refractivity contribution in [2.45, 2.75) is 6.61 Å². The van der Waals surface area contributed by atoms with Crippen LogP contribution in [-0.2, 0) is 9.53 Å². The second kappa shape index (κ2) is 9.14. The van der Waals surface area contributed by atoms with Gasteiger partial charge in [0.1, 0.15) is 0 Å². The van der Waals surface area contributed by atoms with E-state index in [9.17, 15) is 18.4 Å². The van der Waals surface area contributed by atoms with Crippen LogP contribution >= 0.6 is 15.9 Å². The molecule has 1 amide bonds. The van der Waals surface area contributed by atoms with E-state index in [1.54, 1.807) is 24.3 Å². The molecule has 0 fully saturated rings. The Balaban J connectivity index is 1.95. The summed E-state index contributed by atoms with van der Waals surface area (Å²) in [5.41, 5.74) is 0.564. The first-order valence-electron chi connectivity index (χ1n) is 7.24. The SMILES string of the molecule is COc1cc(C(=O)OCC(=O)Nc2cccc(Br)c2)ccc1OC(F)F. The predicted octanol–water partition coefficient (Wildman–Crippen LogP) is 3.85. The summed E-state index contributed by atoms with van der Waals surface area (Å²) in [6.45, 7) is -3.54. The molecule has 0 atom stereocenters. The molecule has 0 heterocycles. The number of amides is 1. The highest BCUT2D eigenvalue weighted by Gasteiger charge is 2.16. The lowest BCUT2D eigenvalue weighted by Gasteiger charge is -2.11. The maximum absolute atomic E-state index is 12.3. The van der Waals surface area contributed by atoms with E-state index in [1.165, 1.54) is 19.2 Å². The monoisotopic (exact) mass is 429 g/mol. The molecule has 2 rings (SSSR count). The van der Waals surface area contributed by atoms with Crippen molar-refractivity contribution in [1.29, 1.82) is 0 Å². The van der Waals surface area contributed by atoms with Crippen molar-refractivity contribution < 1.29 is 32.6 Å². The van der Waals surface area contributed by atoms with Crippen LogP contribution in [0.25, 0.3) is 0 Å². The molecule has 0 saturated heterocycles. The Bertz CT molecular complexity index is 800. The number of carbonyl (C=O) groups is 2. The summed E-state index contributed by atoms with van der Waals surface area (Å²) < 4.78 is 39.4. The second-order valence-electron chi connectivity index (χ2n) is 4.88. The van der Waals surface area contributed by atoms with E-state index in [1.807, 2.05) is 0 Å². The van der Waals surface area contributed by atoms with Gasteiger partial charge in [0.15, 0.2) is 18.1 Å². The first-order valence-corrected chi connectivity index (χ1v) is 8.03. The normalized spacial score (nSPS) is 10.3. The van der Waals surface area contributed by atoms with Crippen LogP contribution < -0.4 is 14.8 Å². The number of esters is 1. The highest BCUT2D eigenvalue weighted by molar-refractivity contribution is 9.10. The van der Waals surface area contributed by atoms with Gasteiger partial charge < -0.3 is 19.5 Å². The molecule has 0 spiro atoms. The maximum Gasteiger partial charge on any atom is 0.387 e. The summed E-state index contributed by atoms with van der Waals surface area (Å²) in [6, 6.07) is 10.5. The van der Waals surface area contributed by atoms with Gasteiger partial charge in [-0.05, 0) is 36.4 Å². The standard InChI is InChI=1S/C17H14BrF2NO5/c1-24-14-7-10(5-6-13(14)26-17(19)20)16(23)25-9-15(22)21-12-4-2-3-11(18)8-12/h2-8,17H,9H2,1H3,(H,21,22). The smallest absolute Gasteiger partial charge is 0.387 e. The Morgan fingerprint density at radius 1 is 1.15 bits per heavy atom. The van der Waals surface area contributed by atoms with Gasteiger partial charge in [-0.1, -0.05) is 22.0 Å². The second-order valence-corrected chi connectivity index (χ2v) is 5.79. The molecule has 6 nitrogen and oxygen atoms in total. The number of carbonyl (C=O) groups excluding carboxylic acids is 2. The van der Waals surface area contributed by atoms with Crippen LogP contribution in [0.3, 0.4) is 0 Å². The Morgan fingerprint density at radius 2 is 1.92 bits per heavy atom. The van der Waals surface area contributed by atoms with Gasteiger partial charge in [0.25, 0.3) is 5.91 Å². The quantitative estimate of drug-likeness (QED) is 0.676. The Labute approximate surface area is 156 Å². The molecular weight excluding hydrogens is 416 g/mol. The minimum absolute atomic E-state index is 0.0266. The first kappa shape index (κ1) is 19.6. The number of nitrogens with one attached hydrogen (secondary N) is 1. The van der Waals surface area contributed by atoms with E-state index in [2.05, 4.69) is 26.0 Å². The predicted molar refractivity (Wildman–Crippen MR) is 92.7 cm³/mol. The van der Waals surface area contributed by atoms with E-state index >= 15 is 0 Å². The van der Waals surface area contributed by atoms with E-state index < -0.39 is 25.1 Å². The maximum atomic E-state index is 12.3. The molecule has 0 unspecified atom stereocenters. The average Bonchev–Trinajstić information content (AvgIpc) is 2.59. The van der Waals surface area contributed by atoms with Crippen molar-refractivity contribution in [3.8, 4) is 11.5 Å². The molecule has 9 heteroatoms. The summed E-state index contributed by atoms with van der Waals surface area (Å²) in [5, 5.41) is 2.57. The summed E-state index contributed by atoms with van der Waals surface area (Å²) in [6.07, 6.45) is 0. The van der Waals surface area contributed by atoms with Gasteiger partial charge in [-0.3, -0.25) is 4.79 Å². The van der Waals surface area contributed by atoms with Crippen LogP contribution in [0.4, 0.5) is 14.5 Å². The van der Waals surface area contributed by atoms with E-state index in [0.717, 1.165) is 10.5 Å². The highest BCUT2D eigenvalue weighted by Crippen LogP contribution is 2.29. The van der Waals surface area contributed by atoms with E-state index in [0.29, 0.717) is 5.69 Å². The fourth-order valence-corrected chi connectivity index (χ4v) is 2.36.